The molecule has 96 valence electrons. The molecule has 3 atom stereocenters. The van der Waals surface area contributed by atoms with Gasteiger partial charge in [-0.3, -0.25) is 0 Å². The van der Waals surface area contributed by atoms with Crippen LogP contribution in [0.3, 0.4) is 0 Å². The highest BCUT2D eigenvalue weighted by Crippen LogP contribution is 2.36. The third-order valence-corrected chi connectivity index (χ3v) is 4.94. The first-order valence-electron chi connectivity index (χ1n) is 6.08. The van der Waals surface area contributed by atoms with E-state index in [0.717, 1.165) is 5.56 Å². The quantitative estimate of drug-likeness (QED) is 0.861. The molecule has 0 saturated heterocycles. The average molecular weight is 255 g/mol. The zero-order valence-corrected chi connectivity index (χ0v) is 11.8. The van der Waals surface area contributed by atoms with E-state index in [-0.39, 0.29) is 17.1 Å². The Kier molecular flexibility index (Phi) is 5.47. The number of thioether (sulfide) groups is 1. The van der Waals surface area contributed by atoms with Crippen LogP contribution in [0.25, 0.3) is 0 Å². The first-order valence-corrected chi connectivity index (χ1v) is 7.02. The minimum absolute atomic E-state index is 0.0617. The maximum absolute atomic E-state index is 12.9. The number of nitrogens with two attached hydrogens (primary N) is 1. The van der Waals surface area contributed by atoms with Gasteiger partial charge in [-0.1, -0.05) is 32.9 Å². The summed E-state index contributed by atoms with van der Waals surface area (Å²) in [6, 6.07) is 6.75. The summed E-state index contributed by atoms with van der Waals surface area (Å²) in [5.41, 5.74) is 7.15. The van der Waals surface area contributed by atoms with Crippen molar-refractivity contribution < 1.29 is 4.39 Å². The monoisotopic (exact) mass is 255 g/mol. The Morgan fingerprint density at radius 1 is 1.06 bits per heavy atom. The van der Waals surface area contributed by atoms with Crippen LogP contribution < -0.4 is 5.73 Å². The fraction of sp³-hybridized carbons (Fsp3) is 0.571. The molecule has 0 heterocycles. The van der Waals surface area contributed by atoms with Crippen LogP contribution in [0.1, 0.15) is 38.5 Å². The van der Waals surface area contributed by atoms with Crippen molar-refractivity contribution >= 4 is 11.8 Å². The molecule has 2 N–H and O–H groups in total. The van der Waals surface area contributed by atoms with Crippen LogP contribution in [0.2, 0.25) is 0 Å². The Bertz CT molecular complexity index is 335. The maximum Gasteiger partial charge on any atom is 0.123 e. The summed E-state index contributed by atoms with van der Waals surface area (Å²) in [5, 5.41) is 0.768. The number of halogens is 1. The number of hydrogen-bond donors (Lipinski definition) is 1. The standard InChI is InChI=1S/C14H22FNS/c1-9(2)11(4)17-14(10(3)16)12-5-7-13(15)8-6-12/h5-11,14H,16H2,1-4H3. The Hall–Kier alpha value is -0.540. The summed E-state index contributed by atoms with van der Waals surface area (Å²) in [6.07, 6.45) is 0. The molecule has 3 heteroatoms. The molecule has 1 rings (SSSR count). The third-order valence-electron chi connectivity index (χ3n) is 2.98. The summed E-state index contributed by atoms with van der Waals surface area (Å²) < 4.78 is 12.9. The van der Waals surface area contributed by atoms with Crippen LogP contribution >= 0.6 is 11.8 Å². The predicted octanol–water partition coefficient (Wildman–Crippen LogP) is 3.99. The molecule has 1 aromatic carbocycles. The molecule has 0 aliphatic carbocycles. The lowest BCUT2D eigenvalue weighted by molar-refractivity contribution is 0.622. The van der Waals surface area contributed by atoms with Crippen LogP contribution in [0.15, 0.2) is 24.3 Å². The van der Waals surface area contributed by atoms with Gasteiger partial charge in [-0.25, -0.2) is 4.39 Å². The van der Waals surface area contributed by atoms with Crippen molar-refractivity contribution in [3.05, 3.63) is 35.6 Å². The average Bonchev–Trinajstić information content (AvgIpc) is 2.26. The summed E-state index contributed by atoms with van der Waals surface area (Å²) in [4.78, 5) is 0. The minimum Gasteiger partial charge on any atom is -0.327 e. The van der Waals surface area contributed by atoms with Crippen molar-refractivity contribution in [2.75, 3.05) is 0 Å². The number of hydrogen-bond acceptors (Lipinski definition) is 2. The Labute approximate surface area is 108 Å². The van der Waals surface area contributed by atoms with Crippen LogP contribution in [-0.4, -0.2) is 11.3 Å². The molecular formula is C14H22FNS. The van der Waals surface area contributed by atoms with E-state index >= 15 is 0 Å². The van der Waals surface area contributed by atoms with Gasteiger partial charge >= 0.3 is 0 Å². The van der Waals surface area contributed by atoms with E-state index in [9.17, 15) is 4.39 Å². The van der Waals surface area contributed by atoms with Crippen molar-refractivity contribution in [1.82, 2.24) is 0 Å². The van der Waals surface area contributed by atoms with Crippen LogP contribution in [0.5, 0.6) is 0 Å². The summed E-state index contributed by atoms with van der Waals surface area (Å²) in [5.74, 6) is 0.417. The molecule has 0 aliphatic rings. The molecule has 1 aromatic rings. The van der Waals surface area contributed by atoms with E-state index in [0.29, 0.717) is 11.2 Å². The fourth-order valence-corrected chi connectivity index (χ4v) is 2.89. The van der Waals surface area contributed by atoms with Gasteiger partial charge in [0.1, 0.15) is 5.82 Å². The van der Waals surface area contributed by atoms with E-state index in [1.54, 1.807) is 0 Å². The van der Waals surface area contributed by atoms with E-state index in [4.69, 9.17) is 5.73 Å². The number of rotatable bonds is 5. The van der Waals surface area contributed by atoms with Crippen molar-refractivity contribution in [2.45, 2.75) is 44.2 Å². The predicted molar refractivity (Wildman–Crippen MR) is 74.7 cm³/mol. The lowest BCUT2D eigenvalue weighted by atomic mass is 10.1. The van der Waals surface area contributed by atoms with Gasteiger partial charge in [-0.15, -0.1) is 11.8 Å². The van der Waals surface area contributed by atoms with Crippen molar-refractivity contribution in [3.63, 3.8) is 0 Å². The first kappa shape index (κ1) is 14.5. The van der Waals surface area contributed by atoms with Crippen molar-refractivity contribution in [1.29, 1.82) is 0 Å². The lowest BCUT2D eigenvalue weighted by Gasteiger charge is -2.26. The van der Waals surface area contributed by atoms with E-state index in [1.165, 1.54) is 12.1 Å². The first-order chi connectivity index (χ1) is 7.91. The topological polar surface area (TPSA) is 26.0 Å². The molecule has 0 fully saturated rings. The van der Waals surface area contributed by atoms with Gasteiger partial charge < -0.3 is 5.73 Å². The molecular weight excluding hydrogens is 233 g/mol. The summed E-state index contributed by atoms with van der Waals surface area (Å²) >= 11 is 1.87. The molecule has 0 amide bonds. The summed E-state index contributed by atoms with van der Waals surface area (Å²) in [7, 11) is 0. The van der Waals surface area contributed by atoms with Crippen LogP contribution in [0, 0.1) is 11.7 Å². The number of benzene rings is 1. The second-order valence-electron chi connectivity index (χ2n) is 4.92. The maximum atomic E-state index is 12.9. The highest BCUT2D eigenvalue weighted by Gasteiger charge is 2.21. The van der Waals surface area contributed by atoms with E-state index in [2.05, 4.69) is 20.8 Å². The Morgan fingerprint density at radius 3 is 2.00 bits per heavy atom. The smallest absolute Gasteiger partial charge is 0.123 e. The van der Waals surface area contributed by atoms with Gasteiger partial charge in [0.25, 0.3) is 0 Å². The highest BCUT2D eigenvalue weighted by atomic mass is 32.2. The Morgan fingerprint density at radius 2 is 1.59 bits per heavy atom. The van der Waals surface area contributed by atoms with Gasteiger partial charge in [0.15, 0.2) is 0 Å². The van der Waals surface area contributed by atoms with Gasteiger partial charge in [0.05, 0.1) is 0 Å². The largest absolute Gasteiger partial charge is 0.327 e. The summed E-state index contributed by atoms with van der Waals surface area (Å²) in [6.45, 7) is 8.64. The lowest BCUT2D eigenvalue weighted by Crippen LogP contribution is -2.25. The molecule has 0 saturated carbocycles. The molecule has 0 radical (unpaired) electrons. The van der Waals surface area contributed by atoms with Gasteiger partial charge in [0, 0.05) is 16.5 Å². The SMILES string of the molecule is CC(C)C(C)SC(c1ccc(F)cc1)C(C)N. The third kappa shape index (κ3) is 4.32. The molecule has 17 heavy (non-hydrogen) atoms. The highest BCUT2D eigenvalue weighted by molar-refractivity contribution is 8.00. The molecule has 0 bridgehead atoms. The molecule has 0 aromatic heterocycles. The second kappa shape index (κ2) is 6.41. The van der Waals surface area contributed by atoms with Crippen LogP contribution in [-0.2, 0) is 0 Å². The zero-order valence-electron chi connectivity index (χ0n) is 11.0. The van der Waals surface area contributed by atoms with Crippen LogP contribution in [0.4, 0.5) is 4.39 Å². The Balaban J connectivity index is 2.82. The van der Waals surface area contributed by atoms with Crippen molar-refractivity contribution in [2.24, 2.45) is 11.7 Å². The molecule has 3 unspecified atom stereocenters. The zero-order chi connectivity index (χ0) is 13.0. The van der Waals surface area contributed by atoms with Crippen molar-refractivity contribution in [3.8, 4) is 0 Å². The van der Waals surface area contributed by atoms with E-state index in [1.807, 2.05) is 30.8 Å². The molecule has 0 spiro atoms. The van der Waals surface area contributed by atoms with Gasteiger partial charge in [0.2, 0.25) is 0 Å². The van der Waals surface area contributed by atoms with E-state index < -0.39 is 0 Å². The second-order valence-corrected chi connectivity index (χ2v) is 6.44. The molecule has 0 aliphatic heterocycles. The minimum atomic E-state index is -0.195. The normalized spacial score (nSPS) is 16.9. The van der Waals surface area contributed by atoms with Gasteiger partial charge in [-0.05, 0) is 30.5 Å². The molecule has 1 nitrogen and oxygen atoms in total. The van der Waals surface area contributed by atoms with Gasteiger partial charge in [-0.2, -0.15) is 0 Å². The fourth-order valence-electron chi connectivity index (χ4n) is 1.55.